The van der Waals surface area contributed by atoms with Crippen LogP contribution in [0.25, 0.3) is 0 Å². The number of amides is 1. The van der Waals surface area contributed by atoms with E-state index < -0.39 is 0 Å². The molecule has 3 atom stereocenters. The van der Waals surface area contributed by atoms with Crippen LogP contribution >= 0.6 is 36.2 Å². The molecule has 0 spiro atoms. The fraction of sp³-hybridized carbons (Fsp3) is 0.778. The van der Waals surface area contributed by atoms with Crippen molar-refractivity contribution in [1.82, 2.24) is 10.3 Å². The summed E-state index contributed by atoms with van der Waals surface area (Å²) in [4.78, 5) is 17.0. The van der Waals surface area contributed by atoms with Crippen molar-refractivity contribution in [3.63, 3.8) is 0 Å². The van der Waals surface area contributed by atoms with Crippen LogP contribution in [0.1, 0.15) is 62.8 Å². The Bertz CT molecular complexity index is 558. The number of aromatic nitrogens is 1. The van der Waals surface area contributed by atoms with Gasteiger partial charge in [0.25, 0.3) is 0 Å². The number of fused-ring (bicyclic) bond motifs is 2. The summed E-state index contributed by atoms with van der Waals surface area (Å²) in [5, 5.41) is 6.21. The summed E-state index contributed by atoms with van der Waals surface area (Å²) in [5.74, 6) is 1.20. The van der Waals surface area contributed by atoms with Gasteiger partial charge in [0.1, 0.15) is 11.1 Å². The second kappa shape index (κ2) is 10.8. The number of nitrogens with two attached hydrogens (primary N) is 1. The first-order valence-electron chi connectivity index (χ1n) is 9.17. The molecule has 0 aromatic carbocycles. The number of nitrogens with one attached hydrogen (secondary N) is 1. The van der Waals surface area contributed by atoms with Gasteiger partial charge in [0.15, 0.2) is 0 Å². The zero-order valence-electron chi connectivity index (χ0n) is 15.5. The van der Waals surface area contributed by atoms with E-state index in [1.165, 1.54) is 19.3 Å². The molecule has 1 aromatic rings. The third kappa shape index (κ3) is 5.80. The molecule has 2 bridgehead atoms. The third-order valence-corrected chi connectivity index (χ3v) is 6.43. The molecule has 0 aliphatic heterocycles. The van der Waals surface area contributed by atoms with Gasteiger partial charge in [0, 0.05) is 24.1 Å². The van der Waals surface area contributed by atoms with Gasteiger partial charge in [0.05, 0.1) is 12.1 Å². The summed E-state index contributed by atoms with van der Waals surface area (Å²) in [6.45, 7) is 4.65. The Morgan fingerprint density at radius 1 is 1.38 bits per heavy atom. The van der Waals surface area contributed by atoms with Gasteiger partial charge in [-0.2, -0.15) is 0 Å². The zero-order valence-corrected chi connectivity index (χ0v) is 17.9. The van der Waals surface area contributed by atoms with E-state index >= 15 is 0 Å². The molecule has 2 aliphatic carbocycles. The summed E-state index contributed by atoms with van der Waals surface area (Å²) in [6.07, 6.45) is 6.12. The average molecular weight is 424 g/mol. The Labute approximate surface area is 172 Å². The van der Waals surface area contributed by atoms with E-state index in [9.17, 15) is 4.79 Å². The van der Waals surface area contributed by atoms with E-state index in [4.69, 9.17) is 10.5 Å². The van der Waals surface area contributed by atoms with E-state index in [0.717, 1.165) is 23.5 Å². The molecule has 3 N–H and O–H groups in total. The molecule has 1 amide bonds. The molecule has 3 unspecified atom stereocenters. The van der Waals surface area contributed by atoms with Crippen molar-refractivity contribution in [2.24, 2.45) is 17.6 Å². The van der Waals surface area contributed by atoms with Crippen molar-refractivity contribution in [3.05, 3.63) is 16.1 Å². The van der Waals surface area contributed by atoms with E-state index in [1.807, 2.05) is 19.2 Å². The summed E-state index contributed by atoms with van der Waals surface area (Å²) in [6, 6.07) is 0.626. The number of hydrogen-bond donors (Lipinski definition) is 2. The fourth-order valence-corrected chi connectivity index (χ4v) is 5.16. The number of carbonyl (C=O) groups is 1. The molecule has 5 nitrogen and oxygen atoms in total. The van der Waals surface area contributed by atoms with Crippen LogP contribution in [0.2, 0.25) is 0 Å². The summed E-state index contributed by atoms with van der Waals surface area (Å²) in [7, 11) is 0. The van der Waals surface area contributed by atoms with Crippen LogP contribution < -0.4 is 11.1 Å². The quantitative estimate of drug-likeness (QED) is 0.731. The number of ether oxygens (including phenoxy) is 1. The van der Waals surface area contributed by atoms with Gasteiger partial charge in [-0.1, -0.05) is 6.42 Å². The lowest BCUT2D eigenvalue weighted by atomic mass is 9.67. The number of carbonyl (C=O) groups excluding carboxylic acids is 1. The molecule has 150 valence electrons. The van der Waals surface area contributed by atoms with Crippen molar-refractivity contribution in [1.29, 1.82) is 0 Å². The van der Waals surface area contributed by atoms with Crippen LogP contribution in [0.5, 0.6) is 0 Å². The van der Waals surface area contributed by atoms with Gasteiger partial charge in [-0.05, 0) is 51.4 Å². The second-order valence-electron chi connectivity index (χ2n) is 7.23. The molecule has 3 rings (SSSR count). The second-order valence-corrected chi connectivity index (χ2v) is 8.12. The van der Waals surface area contributed by atoms with Crippen LogP contribution in [0.4, 0.5) is 0 Å². The van der Waals surface area contributed by atoms with Crippen LogP contribution in [-0.2, 0) is 16.0 Å². The maximum Gasteiger partial charge on any atom is 0.226 e. The molecule has 8 heteroatoms. The molecule has 2 saturated carbocycles. The van der Waals surface area contributed by atoms with E-state index in [2.05, 4.69) is 10.3 Å². The largest absolute Gasteiger partial charge is 0.372 e. The van der Waals surface area contributed by atoms with Crippen LogP contribution in [-0.4, -0.2) is 29.6 Å². The standard InChI is InChI=1S/C18H29N3O2S.2ClH/c1-3-23-11(2)18-20-15(10-24-18)9-16(22)21-17-12-5-4-6-13(17)8-14(19)7-12;;/h10-14,17H,3-9,19H2,1-2H3,(H,21,22);2*1H. The van der Waals surface area contributed by atoms with Gasteiger partial charge in [0.2, 0.25) is 5.91 Å². The molecule has 1 aromatic heterocycles. The van der Waals surface area contributed by atoms with Crippen LogP contribution in [0, 0.1) is 11.8 Å². The Morgan fingerprint density at radius 2 is 2.04 bits per heavy atom. The molecule has 0 saturated heterocycles. The van der Waals surface area contributed by atoms with E-state index in [-0.39, 0.29) is 36.8 Å². The van der Waals surface area contributed by atoms with Crippen molar-refractivity contribution >= 4 is 42.1 Å². The Kier molecular flexibility index (Phi) is 9.83. The average Bonchev–Trinajstić information content (AvgIpc) is 2.97. The fourth-order valence-electron chi connectivity index (χ4n) is 4.34. The first-order chi connectivity index (χ1) is 11.6. The smallest absolute Gasteiger partial charge is 0.226 e. The van der Waals surface area contributed by atoms with Crippen LogP contribution in [0.3, 0.4) is 0 Å². The minimum atomic E-state index is -0.00370. The highest BCUT2D eigenvalue weighted by molar-refractivity contribution is 7.09. The molecular weight excluding hydrogens is 393 g/mol. The Balaban J connectivity index is 0.00000169. The monoisotopic (exact) mass is 423 g/mol. The number of thiazole rings is 1. The van der Waals surface area contributed by atoms with Gasteiger partial charge in [-0.3, -0.25) is 4.79 Å². The van der Waals surface area contributed by atoms with Crippen molar-refractivity contribution in [2.75, 3.05) is 6.61 Å². The first kappa shape index (κ1) is 23.6. The number of halogens is 2. The lowest BCUT2D eigenvalue weighted by Crippen LogP contribution is -2.54. The predicted octanol–water partition coefficient (Wildman–Crippen LogP) is 3.65. The number of rotatable bonds is 6. The van der Waals surface area contributed by atoms with Gasteiger partial charge >= 0.3 is 0 Å². The van der Waals surface area contributed by atoms with Gasteiger partial charge < -0.3 is 15.8 Å². The summed E-state index contributed by atoms with van der Waals surface area (Å²) in [5.41, 5.74) is 7.01. The van der Waals surface area contributed by atoms with E-state index in [0.29, 0.717) is 36.9 Å². The highest BCUT2D eigenvalue weighted by Gasteiger charge is 2.39. The number of nitrogens with zero attached hydrogens (tertiary/aromatic N) is 1. The highest BCUT2D eigenvalue weighted by Crippen LogP contribution is 2.39. The normalized spacial score (nSPS) is 28.4. The maximum absolute atomic E-state index is 12.5. The van der Waals surface area contributed by atoms with Gasteiger partial charge in [-0.25, -0.2) is 4.98 Å². The number of hydrogen-bond acceptors (Lipinski definition) is 5. The van der Waals surface area contributed by atoms with Gasteiger partial charge in [-0.15, -0.1) is 36.2 Å². The summed E-state index contributed by atoms with van der Waals surface area (Å²) >= 11 is 1.57. The predicted molar refractivity (Wildman–Crippen MR) is 110 cm³/mol. The molecule has 2 aliphatic rings. The molecular formula is C18H31Cl2N3O2S. The minimum absolute atomic E-state index is 0. The van der Waals surface area contributed by atoms with Crippen molar-refractivity contribution in [3.8, 4) is 0 Å². The molecule has 0 radical (unpaired) electrons. The minimum Gasteiger partial charge on any atom is -0.372 e. The Morgan fingerprint density at radius 3 is 2.65 bits per heavy atom. The van der Waals surface area contributed by atoms with Crippen molar-refractivity contribution < 1.29 is 9.53 Å². The third-order valence-electron chi connectivity index (χ3n) is 5.38. The topological polar surface area (TPSA) is 77.2 Å². The van der Waals surface area contributed by atoms with Crippen molar-refractivity contribution in [2.45, 2.75) is 70.6 Å². The zero-order chi connectivity index (χ0) is 17.1. The SMILES string of the molecule is CCOC(C)c1nc(CC(=O)NC2C3CCCC2CC(N)C3)cs1.Cl.Cl. The lowest BCUT2D eigenvalue weighted by Gasteiger charge is -2.45. The summed E-state index contributed by atoms with van der Waals surface area (Å²) < 4.78 is 5.56. The molecule has 26 heavy (non-hydrogen) atoms. The lowest BCUT2D eigenvalue weighted by molar-refractivity contribution is -0.122. The Hall–Kier alpha value is -0.400. The molecule has 2 fully saturated rings. The van der Waals surface area contributed by atoms with Crippen LogP contribution in [0.15, 0.2) is 5.38 Å². The highest BCUT2D eigenvalue weighted by atomic mass is 35.5. The van der Waals surface area contributed by atoms with E-state index in [1.54, 1.807) is 11.3 Å². The first-order valence-corrected chi connectivity index (χ1v) is 10.1. The maximum atomic E-state index is 12.5. The molecule has 1 heterocycles.